The lowest BCUT2D eigenvalue weighted by molar-refractivity contribution is 0.102. The summed E-state index contributed by atoms with van der Waals surface area (Å²) in [6.45, 7) is 0. The molecule has 100 valence electrons. The number of halogens is 1. The first-order valence-corrected chi connectivity index (χ1v) is 7.25. The maximum absolute atomic E-state index is 12.0. The molecule has 0 saturated carbocycles. The molecule has 0 aliphatic heterocycles. The smallest absolute Gasteiger partial charge is 0.349 e. The van der Waals surface area contributed by atoms with Crippen molar-refractivity contribution >= 4 is 49.3 Å². The van der Waals surface area contributed by atoms with E-state index in [-0.39, 0.29) is 5.56 Å². The molecule has 1 aromatic carbocycles. The van der Waals surface area contributed by atoms with Crippen LogP contribution in [0.3, 0.4) is 0 Å². The van der Waals surface area contributed by atoms with Crippen LogP contribution in [-0.2, 0) is 0 Å². The number of aromatic nitrogens is 1. The second kappa shape index (κ2) is 5.18. The van der Waals surface area contributed by atoms with E-state index in [0.717, 1.165) is 4.47 Å². The minimum atomic E-state index is -0.672. The molecule has 5 nitrogen and oxygen atoms in total. The molecule has 0 aliphatic carbocycles. The van der Waals surface area contributed by atoms with Crippen molar-refractivity contribution in [3.8, 4) is 0 Å². The van der Waals surface area contributed by atoms with Crippen LogP contribution in [0.1, 0.15) is 10.4 Å². The van der Waals surface area contributed by atoms with Gasteiger partial charge in [0, 0.05) is 21.4 Å². The number of thiazole rings is 1. The first-order chi connectivity index (χ1) is 9.63. The van der Waals surface area contributed by atoms with Gasteiger partial charge < -0.3 is 4.42 Å². The van der Waals surface area contributed by atoms with Crippen LogP contribution in [0.4, 0.5) is 5.13 Å². The van der Waals surface area contributed by atoms with Gasteiger partial charge in [0.2, 0.25) is 0 Å². The highest BCUT2D eigenvalue weighted by Gasteiger charge is 2.14. The lowest BCUT2D eigenvalue weighted by Gasteiger charge is -2.02. The van der Waals surface area contributed by atoms with Gasteiger partial charge in [-0.3, -0.25) is 10.1 Å². The van der Waals surface area contributed by atoms with Crippen molar-refractivity contribution in [3.05, 3.63) is 56.3 Å². The Kier molecular flexibility index (Phi) is 3.37. The highest BCUT2D eigenvalue weighted by atomic mass is 79.9. The van der Waals surface area contributed by atoms with Crippen LogP contribution < -0.4 is 10.9 Å². The Bertz CT molecular complexity index is 842. The summed E-state index contributed by atoms with van der Waals surface area (Å²) in [4.78, 5) is 27.8. The van der Waals surface area contributed by atoms with Crippen LogP contribution in [0.15, 0.2) is 49.5 Å². The van der Waals surface area contributed by atoms with Crippen molar-refractivity contribution in [2.45, 2.75) is 0 Å². The molecule has 7 heteroatoms. The molecule has 3 aromatic rings. The Balaban J connectivity index is 2.04. The molecule has 0 spiro atoms. The molecule has 0 saturated heterocycles. The Hall–Kier alpha value is -1.99. The van der Waals surface area contributed by atoms with Gasteiger partial charge in [0.15, 0.2) is 5.13 Å². The Labute approximate surface area is 125 Å². The first kappa shape index (κ1) is 13.0. The number of amides is 1. The molecule has 1 N–H and O–H groups in total. The van der Waals surface area contributed by atoms with Crippen molar-refractivity contribution in [2.24, 2.45) is 0 Å². The number of hydrogen-bond donors (Lipinski definition) is 1. The van der Waals surface area contributed by atoms with Gasteiger partial charge in [0.1, 0.15) is 11.1 Å². The molecular formula is C13H7BrN2O3S. The summed E-state index contributed by atoms with van der Waals surface area (Å²) in [5, 5.41) is 5.39. The summed E-state index contributed by atoms with van der Waals surface area (Å²) < 4.78 is 5.97. The van der Waals surface area contributed by atoms with Crippen LogP contribution in [0, 0.1) is 0 Å². The zero-order valence-corrected chi connectivity index (χ0v) is 12.3. The van der Waals surface area contributed by atoms with Crippen molar-refractivity contribution in [2.75, 3.05) is 5.32 Å². The van der Waals surface area contributed by atoms with Gasteiger partial charge in [0.25, 0.3) is 5.91 Å². The predicted molar refractivity (Wildman–Crippen MR) is 80.3 cm³/mol. The Morgan fingerprint density at radius 1 is 1.35 bits per heavy atom. The largest absolute Gasteiger partial charge is 0.422 e. The molecule has 2 aromatic heterocycles. The van der Waals surface area contributed by atoms with Crippen molar-refractivity contribution in [1.82, 2.24) is 4.98 Å². The zero-order valence-electron chi connectivity index (χ0n) is 9.92. The van der Waals surface area contributed by atoms with E-state index in [1.807, 2.05) is 0 Å². The summed E-state index contributed by atoms with van der Waals surface area (Å²) in [6, 6.07) is 6.72. The standard InChI is InChI=1S/C13H7BrN2O3S/c14-8-1-2-10-7(5-8)6-9(12(18)19-10)11(17)16-13-15-3-4-20-13/h1-6H,(H,15,16,17). The number of hydrogen-bond acceptors (Lipinski definition) is 5. The van der Waals surface area contributed by atoms with Gasteiger partial charge in [-0.15, -0.1) is 11.3 Å². The molecule has 0 aliphatic rings. The summed E-state index contributed by atoms with van der Waals surface area (Å²) in [7, 11) is 0. The summed E-state index contributed by atoms with van der Waals surface area (Å²) in [5.41, 5.74) is -0.288. The minimum Gasteiger partial charge on any atom is -0.422 e. The van der Waals surface area contributed by atoms with E-state index in [2.05, 4.69) is 26.2 Å². The molecule has 0 unspecified atom stereocenters. The van der Waals surface area contributed by atoms with Gasteiger partial charge in [-0.25, -0.2) is 9.78 Å². The molecule has 3 rings (SSSR count). The predicted octanol–water partition coefficient (Wildman–Crippen LogP) is 3.26. The lowest BCUT2D eigenvalue weighted by atomic mass is 10.2. The molecular weight excluding hydrogens is 344 g/mol. The number of fused-ring (bicyclic) bond motifs is 1. The number of carbonyl (C=O) groups excluding carboxylic acids is 1. The van der Waals surface area contributed by atoms with E-state index < -0.39 is 11.5 Å². The number of anilines is 1. The third kappa shape index (κ3) is 2.50. The monoisotopic (exact) mass is 350 g/mol. The Morgan fingerprint density at radius 2 is 2.20 bits per heavy atom. The van der Waals surface area contributed by atoms with Crippen LogP contribution >= 0.6 is 27.3 Å². The number of benzene rings is 1. The van der Waals surface area contributed by atoms with Crippen molar-refractivity contribution in [1.29, 1.82) is 0 Å². The summed E-state index contributed by atoms with van der Waals surface area (Å²) in [6.07, 6.45) is 1.57. The van der Waals surface area contributed by atoms with Gasteiger partial charge in [-0.05, 0) is 24.3 Å². The number of carbonyl (C=O) groups is 1. The van der Waals surface area contributed by atoms with E-state index in [9.17, 15) is 9.59 Å². The Morgan fingerprint density at radius 3 is 2.95 bits per heavy atom. The fourth-order valence-electron chi connectivity index (χ4n) is 1.70. The fourth-order valence-corrected chi connectivity index (χ4v) is 2.60. The summed E-state index contributed by atoms with van der Waals surface area (Å²) >= 11 is 4.61. The normalized spacial score (nSPS) is 10.7. The van der Waals surface area contributed by atoms with Crippen molar-refractivity contribution < 1.29 is 9.21 Å². The maximum atomic E-state index is 12.0. The second-order valence-electron chi connectivity index (χ2n) is 3.92. The molecule has 0 bridgehead atoms. The SMILES string of the molecule is O=C(Nc1nccs1)c1cc2cc(Br)ccc2oc1=O. The minimum absolute atomic E-state index is 0.0502. The van der Waals surface area contributed by atoms with Crippen LogP contribution in [-0.4, -0.2) is 10.9 Å². The van der Waals surface area contributed by atoms with E-state index >= 15 is 0 Å². The molecule has 20 heavy (non-hydrogen) atoms. The third-order valence-corrected chi connectivity index (χ3v) is 3.77. The molecule has 1 amide bonds. The van der Waals surface area contributed by atoms with Crippen LogP contribution in [0.25, 0.3) is 11.0 Å². The number of nitrogens with zero attached hydrogens (tertiary/aromatic N) is 1. The van der Waals surface area contributed by atoms with E-state index in [4.69, 9.17) is 4.42 Å². The van der Waals surface area contributed by atoms with E-state index in [1.54, 1.807) is 29.8 Å². The summed E-state index contributed by atoms with van der Waals surface area (Å²) in [5.74, 6) is -0.532. The maximum Gasteiger partial charge on any atom is 0.349 e. The quantitative estimate of drug-likeness (QED) is 0.720. The number of rotatable bonds is 2. The highest BCUT2D eigenvalue weighted by molar-refractivity contribution is 9.10. The second-order valence-corrected chi connectivity index (χ2v) is 5.73. The lowest BCUT2D eigenvalue weighted by Crippen LogP contribution is -2.20. The first-order valence-electron chi connectivity index (χ1n) is 5.58. The van der Waals surface area contributed by atoms with Crippen LogP contribution in [0.2, 0.25) is 0 Å². The van der Waals surface area contributed by atoms with Gasteiger partial charge >= 0.3 is 5.63 Å². The third-order valence-electron chi connectivity index (χ3n) is 2.59. The average molecular weight is 351 g/mol. The molecule has 0 radical (unpaired) electrons. The van der Waals surface area contributed by atoms with E-state index in [1.165, 1.54) is 17.4 Å². The molecule has 2 heterocycles. The van der Waals surface area contributed by atoms with Gasteiger partial charge in [-0.2, -0.15) is 0 Å². The molecule has 0 fully saturated rings. The zero-order chi connectivity index (χ0) is 14.1. The average Bonchev–Trinajstić information content (AvgIpc) is 2.91. The topological polar surface area (TPSA) is 72.2 Å². The van der Waals surface area contributed by atoms with Crippen LogP contribution in [0.5, 0.6) is 0 Å². The fraction of sp³-hybridized carbons (Fsp3) is 0. The van der Waals surface area contributed by atoms with Gasteiger partial charge in [0.05, 0.1) is 0 Å². The van der Waals surface area contributed by atoms with Gasteiger partial charge in [-0.1, -0.05) is 15.9 Å². The molecule has 0 atom stereocenters. The van der Waals surface area contributed by atoms with Crippen molar-refractivity contribution in [3.63, 3.8) is 0 Å². The number of nitrogens with one attached hydrogen (secondary N) is 1. The van der Waals surface area contributed by atoms with E-state index in [0.29, 0.717) is 16.1 Å². The highest BCUT2D eigenvalue weighted by Crippen LogP contribution is 2.20.